The number of aromatic nitrogens is 2. The summed E-state index contributed by atoms with van der Waals surface area (Å²) in [6, 6.07) is 5.55. The molecular formula is C14H17N3OS. The van der Waals surface area contributed by atoms with Crippen molar-refractivity contribution in [1.29, 1.82) is 0 Å². The second kappa shape index (κ2) is 5.48. The molecule has 1 aromatic carbocycles. The van der Waals surface area contributed by atoms with Gasteiger partial charge in [0.1, 0.15) is 0 Å². The van der Waals surface area contributed by atoms with Gasteiger partial charge in [0.25, 0.3) is 5.91 Å². The predicted octanol–water partition coefficient (Wildman–Crippen LogP) is 2.26. The number of hydrogen-bond acceptors (Lipinski definition) is 3. The molecule has 0 saturated carbocycles. The zero-order chi connectivity index (χ0) is 14.0. The van der Waals surface area contributed by atoms with E-state index in [4.69, 9.17) is 0 Å². The second-order valence-electron chi connectivity index (χ2n) is 4.60. The second-order valence-corrected chi connectivity index (χ2v) is 5.11. The minimum absolute atomic E-state index is 0.0864. The molecule has 2 aromatic rings. The number of carbonyl (C=O) groups excluding carboxylic acids is 1. The topological polar surface area (TPSA) is 46.9 Å². The van der Waals surface area contributed by atoms with E-state index in [1.54, 1.807) is 10.7 Å². The smallest absolute Gasteiger partial charge is 0.251 e. The Hall–Kier alpha value is -1.75. The number of aryl methyl sites for hydroxylation is 3. The molecule has 1 aromatic heterocycles. The third-order valence-electron chi connectivity index (χ3n) is 3.02. The van der Waals surface area contributed by atoms with Gasteiger partial charge >= 0.3 is 0 Å². The van der Waals surface area contributed by atoms with Crippen molar-refractivity contribution in [3.8, 4) is 0 Å². The summed E-state index contributed by atoms with van der Waals surface area (Å²) >= 11 is 4.26. The molecule has 1 heterocycles. The van der Waals surface area contributed by atoms with Gasteiger partial charge in [-0.1, -0.05) is 6.07 Å². The van der Waals surface area contributed by atoms with E-state index in [2.05, 4.69) is 23.0 Å². The van der Waals surface area contributed by atoms with Crippen LogP contribution in [0.25, 0.3) is 0 Å². The first-order valence-corrected chi connectivity index (χ1v) is 6.49. The molecule has 19 heavy (non-hydrogen) atoms. The number of rotatable bonds is 3. The highest BCUT2D eigenvalue weighted by molar-refractivity contribution is 7.80. The predicted molar refractivity (Wildman–Crippen MR) is 77.5 cm³/mol. The van der Waals surface area contributed by atoms with Gasteiger partial charge < -0.3 is 5.32 Å². The minimum Gasteiger partial charge on any atom is -0.348 e. The lowest BCUT2D eigenvalue weighted by Crippen LogP contribution is -2.23. The standard InChI is InChI=1S/C14H17N3OS/c1-9-4-5-12(19)6-13(9)14(18)15-7-11-8-17(3)16-10(11)2/h4-6,8,19H,7H2,1-3H3,(H,15,18). The van der Waals surface area contributed by atoms with Crippen molar-refractivity contribution in [2.24, 2.45) is 7.05 Å². The fourth-order valence-electron chi connectivity index (χ4n) is 1.95. The van der Waals surface area contributed by atoms with Gasteiger partial charge in [-0.3, -0.25) is 9.48 Å². The Balaban J connectivity index is 2.09. The SMILES string of the molecule is Cc1ccc(S)cc1C(=O)NCc1cn(C)nc1C. The van der Waals surface area contributed by atoms with Gasteiger partial charge in [0.15, 0.2) is 0 Å². The fraction of sp³-hybridized carbons (Fsp3) is 0.286. The summed E-state index contributed by atoms with van der Waals surface area (Å²) in [5, 5.41) is 7.16. The lowest BCUT2D eigenvalue weighted by Gasteiger charge is -2.08. The van der Waals surface area contributed by atoms with Crippen molar-refractivity contribution in [3.05, 3.63) is 46.8 Å². The summed E-state index contributed by atoms with van der Waals surface area (Å²) in [6.07, 6.45) is 1.91. The molecule has 0 aliphatic carbocycles. The van der Waals surface area contributed by atoms with Crippen LogP contribution in [-0.2, 0) is 13.6 Å². The van der Waals surface area contributed by atoms with Crippen LogP contribution < -0.4 is 5.32 Å². The molecule has 0 bridgehead atoms. The van der Waals surface area contributed by atoms with Crippen LogP contribution in [0.1, 0.15) is 27.2 Å². The average Bonchev–Trinajstić information content (AvgIpc) is 2.68. The van der Waals surface area contributed by atoms with Crippen LogP contribution in [0.3, 0.4) is 0 Å². The Morgan fingerprint density at radius 3 is 2.79 bits per heavy atom. The first-order valence-electron chi connectivity index (χ1n) is 6.04. The van der Waals surface area contributed by atoms with Crippen molar-refractivity contribution in [2.45, 2.75) is 25.3 Å². The number of carbonyl (C=O) groups is 1. The molecule has 0 atom stereocenters. The highest BCUT2D eigenvalue weighted by Gasteiger charge is 2.10. The Morgan fingerprint density at radius 1 is 1.42 bits per heavy atom. The number of hydrogen-bond donors (Lipinski definition) is 2. The van der Waals surface area contributed by atoms with Crippen molar-refractivity contribution in [3.63, 3.8) is 0 Å². The van der Waals surface area contributed by atoms with Crippen molar-refractivity contribution < 1.29 is 4.79 Å². The summed E-state index contributed by atoms with van der Waals surface area (Å²) in [5.41, 5.74) is 3.56. The molecule has 1 amide bonds. The molecule has 0 unspecified atom stereocenters. The van der Waals surface area contributed by atoms with E-state index >= 15 is 0 Å². The minimum atomic E-state index is -0.0864. The van der Waals surface area contributed by atoms with E-state index in [0.717, 1.165) is 21.7 Å². The molecule has 4 nitrogen and oxygen atoms in total. The normalized spacial score (nSPS) is 10.5. The number of benzene rings is 1. The largest absolute Gasteiger partial charge is 0.348 e. The number of nitrogens with zero attached hydrogens (tertiary/aromatic N) is 2. The van der Waals surface area contributed by atoms with E-state index in [1.165, 1.54) is 0 Å². The summed E-state index contributed by atoms with van der Waals surface area (Å²) < 4.78 is 1.75. The van der Waals surface area contributed by atoms with Crippen molar-refractivity contribution in [2.75, 3.05) is 0 Å². The zero-order valence-corrected chi connectivity index (χ0v) is 12.2. The maximum atomic E-state index is 12.1. The van der Waals surface area contributed by atoms with E-state index in [0.29, 0.717) is 12.1 Å². The van der Waals surface area contributed by atoms with E-state index in [9.17, 15) is 4.79 Å². The third kappa shape index (κ3) is 3.17. The van der Waals surface area contributed by atoms with Gasteiger partial charge in [-0.05, 0) is 31.5 Å². The van der Waals surface area contributed by atoms with Gasteiger partial charge in [0, 0.05) is 35.8 Å². The Kier molecular flexibility index (Phi) is 3.95. The first-order chi connectivity index (χ1) is 8.97. The lowest BCUT2D eigenvalue weighted by atomic mass is 10.1. The molecule has 0 radical (unpaired) electrons. The molecule has 0 aliphatic heterocycles. The summed E-state index contributed by atoms with van der Waals surface area (Å²) in [7, 11) is 1.87. The molecule has 0 spiro atoms. The van der Waals surface area contributed by atoms with Crippen molar-refractivity contribution >= 4 is 18.5 Å². The Morgan fingerprint density at radius 2 is 2.16 bits per heavy atom. The van der Waals surface area contributed by atoms with Gasteiger partial charge in [0.05, 0.1) is 5.69 Å². The van der Waals surface area contributed by atoms with Crippen LogP contribution in [0.2, 0.25) is 0 Å². The van der Waals surface area contributed by atoms with Gasteiger partial charge in [-0.2, -0.15) is 5.10 Å². The monoisotopic (exact) mass is 275 g/mol. The Labute approximate surface area is 118 Å². The van der Waals surface area contributed by atoms with Crippen molar-refractivity contribution in [1.82, 2.24) is 15.1 Å². The van der Waals surface area contributed by atoms with Crippen LogP contribution in [0.4, 0.5) is 0 Å². The van der Waals surface area contributed by atoms with Crippen LogP contribution in [0.15, 0.2) is 29.3 Å². The highest BCUT2D eigenvalue weighted by Crippen LogP contribution is 2.14. The maximum absolute atomic E-state index is 12.1. The Bertz CT molecular complexity index is 619. The van der Waals surface area contributed by atoms with E-state index in [1.807, 2.05) is 39.2 Å². The van der Waals surface area contributed by atoms with Gasteiger partial charge in [-0.15, -0.1) is 12.6 Å². The molecular weight excluding hydrogens is 258 g/mol. The summed E-state index contributed by atoms with van der Waals surface area (Å²) in [6.45, 7) is 4.33. The molecule has 1 N–H and O–H groups in total. The molecule has 100 valence electrons. The summed E-state index contributed by atoms with van der Waals surface area (Å²) in [4.78, 5) is 12.9. The average molecular weight is 275 g/mol. The van der Waals surface area contributed by atoms with Crippen LogP contribution >= 0.6 is 12.6 Å². The van der Waals surface area contributed by atoms with Crippen LogP contribution in [0, 0.1) is 13.8 Å². The van der Waals surface area contributed by atoms with E-state index in [-0.39, 0.29) is 5.91 Å². The van der Waals surface area contributed by atoms with E-state index < -0.39 is 0 Å². The lowest BCUT2D eigenvalue weighted by molar-refractivity contribution is 0.0950. The van der Waals surface area contributed by atoms with Gasteiger partial charge in [-0.25, -0.2) is 0 Å². The summed E-state index contributed by atoms with van der Waals surface area (Å²) in [5.74, 6) is -0.0864. The third-order valence-corrected chi connectivity index (χ3v) is 3.30. The maximum Gasteiger partial charge on any atom is 0.251 e. The zero-order valence-electron chi connectivity index (χ0n) is 11.3. The van der Waals surface area contributed by atoms with Crippen LogP contribution in [-0.4, -0.2) is 15.7 Å². The number of amides is 1. The molecule has 0 aliphatic rings. The molecule has 0 fully saturated rings. The quantitative estimate of drug-likeness (QED) is 0.844. The number of thiol groups is 1. The first kappa shape index (κ1) is 13.7. The number of nitrogens with one attached hydrogen (secondary N) is 1. The van der Waals surface area contributed by atoms with Crippen LogP contribution in [0.5, 0.6) is 0 Å². The molecule has 2 rings (SSSR count). The molecule has 5 heteroatoms. The fourth-order valence-corrected chi connectivity index (χ4v) is 2.15. The molecule has 0 saturated heterocycles. The highest BCUT2D eigenvalue weighted by atomic mass is 32.1. The van der Waals surface area contributed by atoms with Gasteiger partial charge in [0.2, 0.25) is 0 Å².